The van der Waals surface area contributed by atoms with Crippen molar-refractivity contribution < 1.29 is 51.0 Å². The second-order valence-corrected chi connectivity index (χ2v) is 9.36. The molecule has 0 aliphatic rings. The summed E-state index contributed by atoms with van der Waals surface area (Å²) in [6.45, 7) is 6.95. The Balaban J connectivity index is 0.00000114. The molecular formula is C32H28Cl2Zr. The summed E-state index contributed by atoms with van der Waals surface area (Å²) in [5.41, 5.74) is 5.93. The van der Waals surface area contributed by atoms with Gasteiger partial charge in [-0.2, -0.15) is 5.56 Å². The van der Waals surface area contributed by atoms with Crippen molar-refractivity contribution >= 4 is 43.1 Å². The summed E-state index contributed by atoms with van der Waals surface area (Å²) >= 11 is 0. The molecule has 0 aliphatic carbocycles. The predicted octanol–water partition coefficient (Wildman–Crippen LogP) is 3.10. The zero-order valence-electron chi connectivity index (χ0n) is 20.3. The normalized spacial score (nSPS) is 11.9. The summed E-state index contributed by atoms with van der Waals surface area (Å²) < 4.78 is 0. The molecule has 0 nitrogen and oxygen atoms in total. The molecule has 0 heterocycles. The van der Waals surface area contributed by atoms with E-state index in [0.717, 1.165) is 12.8 Å². The van der Waals surface area contributed by atoms with Gasteiger partial charge in [0.1, 0.15) is 0 Å². The van der Waals surface area contributed by atoms with Gasteiger partial charge in [0.15, 0.2) is 0 Å². The van der Waals surface area contributed by atoms with Crippen LogP contribution in [0, 0.1) is 13.8 Å². The number of fused-ring (bicyclic) bond motifs is 6. The number of hydrogen-bond donors (Lipinski definition) is 0. The van der Waals surface area contributed by atoms with Crippen LogP contribution in [0.4, 0.5) is 0 Å². The number of rotatable bonds is 4. The Morgan fingerprint density at radius 2 is 1.17 bits per heavy atom. The van der Waals surface area contributed by atoms with Gasteiger partial charge in [-0.05, 0) is 10.8 Å². The average Bonchev–Trinajstić information content (AvgIpc) is 3.33. The van der Waals surface area contributed by atoms with E-state index < -0.39 is 0 Å². The van der Waals surface area contributed by atoms with E-state index in [1.165, 1.54) is 59.8 Å². The maximum absolute atomic E-state index is 2.39. The fourth-order valence-electron chi connectivity index (χ4n) is 5.97. The summed E-state index contributed by atoms with van der Waals surface area (Å²) in [5, 5.41) is 11.1. The molecule has 0 aliphatic heterocycles. The van der Waals surface area contributed by atoms with Gasteiger partial charge in [0.05, 0.1) is 0 Å². The van der Waals surface area contributed by atoms with Crippen molar-refractivity contribution in [1.29, 1.82) is 0 Å². The smallest absolute Gasteiger partial charge is 1.00 e. The molecule has 3 heteroatoms. The van der Waals surface area contributed by atoms with E-state index in [1.807, 2.05) is 0 Å². The van der Waals surface area contributed by atoms with Crippen molar-refractivity contribution in [2.45, 2.75) is 39.5 Å². The van der Waals surface area contributed by atoms with Crippen LogP contribution in [0.25, 0.3) is 43.1 Å². The predicted molar refractivity (Wildman–Crippen MR) is 140 cm³/mol. The third-order valence-electron chi connectivity index (χ3n) is 7.49. The minimum Gasteiger partial charge on any atom is -1.00 e. The fraction of sp³-hybridized carbons (Fsp3) is 0.188. The Morgan fingerprint density at radius 3 is 1.77 bits per heavy atom. The standard InChI is InChI=1S/C32H28.2ClH.Zr/c1-4-22(30-21(3)18-26-16-14-24-10-6-8-12-28(24)32(26)30)19-29-20(2)17-25-15-13-23-9-5-7-11-27(23)31(25)29;;;/h5-18,22H,4,19H2,1-3H3;2*1H;/q-2;;;+4/p-2. The number of halogens is 2. The van der Waals surface area contributed by atoms with E-state index in [-0.39, 0.29) is 51.0 Å². The second-order valence-electron chi connectivity index (χ2n) is 9.36. The maximum atomic E-state index is 2.39. The van der Waals surface area contributed by atoms with Crippen LogP contribution in [0.2, 0.25) is 0 Å². The first-order chi connectivity index (χ1) is 15.7. The van der Waals surface area contributed by atoms with Crippen LogP contribution in [0.3, 0.4) is 0 Å². The van der Waals surface area contributed by atoms with Crippen LogP contribution in [-0.2, 0) is 32.6 Å². The zero-order valence-corrected chi connectivity index (χ0v) is 24.3. The molecule has 0 aromatic heterocycles. The Bertz CT molecular complexity index is 1620. The first-order valence-electron chi connectivity index (χ1n) is 11.8. The summed E-state index contributed by atoms with van der Waals surface area (Å²) in [6.07, 6.45) is 2.23. The molecule has 0 radical (unpaired) electrons. The molecule has 1 unspecified atom stereocenters. The van der Waals surface area contributed by atoms with Crippen molar-refractivity contribution in [3.05, 3.63) is 107 Å². The van der Waals surface area contributed by atoms with Crippen molar-refractivity contribution in [3.8, 4) is 0 Å². The largest absolute Gasteiger partial charge is 4.00 e. The van der Waals surface area contributed by atoms with Crippen molar-refractivity contribution in [2.75, 3.05) is 0 Å². The van der Waals surface area contributed by atoms with Gasteiger partial charge in [0, 0.05) is 0 Å². The number of benzene rings is 4. The summed E-state index contributed by atoms with van der Waals surface area (Å²) in [4.78, 5) is 0. The third-order valence-corrected chi connectivity index (χ3v) is 7.49. The topological polar surface area (TPSA) is 0 Å². The molecule has 0 spiro atoms. The quantitative estimate of drug-likeness (QED) is 0.284. The minimum absolute atomic E-state index is 0. The fourth-order valence-corrected chi connectivity index (χ4v) is 5.97. The Kier molecular flexibility index (Phi) is 8.70. The Morgan fingerprint density at radius 1 is 0.657 bits per heavy atom. The summed E-state index contributed by atoms with van der Waals surface area (Å²) in [7, 11) is 0. The molecule has 0 N–H and O–H groups in total. The van der Waals surface area contributed by atoms with E-state index in [9.17, 15) is 0 Å². The van der Waals surface area contributed by atoms with Gasteiger partial charge in [0.2, 0.25) is 0 Å². The first-order valence-corrected chi connectivity index (χ1v) is 11.8. The molecule has 0 saturated carbocycles. The van der Waals surface area contributed by atoms with Crippen LogP contribution in [0.1, 0.15) is 41.5 Å². The van der Waals surface area contributed by atoms with E-state index in [0.29, 0.717) is 5.92 Å². The van der Waals surface area contributed by atoms with Crippen LogP contribution in [-0.4, -0.2) is 0 Å². The second kappa shape index (κ2) is 11.0. The van der Waals surface area contributed by atoms with Gasteiger partial charge in [-0.15, -0.1) is 62.5 Å². The monoisotopic (exact) mass is 572 g/mol. The molecule has 1 atom stereocenters. The average molecular weight is 575 g/mol. The van der Waals surface area contributed by atoms with E-state index >= 15 is 0 Å². The molecule has 0 amide bonds. The molecule has 174 valence electrons. The molecule has 6 rings (SSSR count). The molecule has 6 aromatic carbocycles. The van der Waals surface area contributed by atoms with Crippen LogP contribution >= 0.6 is 0 Å². The maximum Gasteiger partial charge on any atom is 4.00 e. The van der Waals surface area contributed by atoms with Gasteiger partial charge in [0.25, 0.3) is 0 Å². The molecule has 6 aromatic rings. The van der Waals surface area contributed by atoms with Gasteiger partial charge < -0.3 is 24.8 Å². The van der Waals surface area contributed by atoms with Crippen molar-refractivity contribution in [1.82, 2.24) is 0 Å². The van der Waals surface area contributed by atoms with Crippen LogP contribution < -0.4 is 24.8 Å². The third kappa shape index (κ3) is 4.53. The Hall–Kier alpha value is -1.92. The summed E-state index contributed by atoms with van der Waals surface area (Å²) in [6, 6.07) is 31.6. The molecule has 0 bridgehead atoms. The molecule has 0 saturated heterocycles. The van der Waals surface area contributed by atoms with Gasteiger partial charge in [-0.1, -0.05) is 111 Å². The minimum atomic E-state index is 0. The van der Waals surface area contributed by atoms with Crippen molar-refractivity contribution in [3.63, 3.8) is 0 Å². The van der Waals surface area contributed by atoms with E-state index in [1.54, 1.807) is 5.56 Å². The SMILES string of the molecule is CCC(Cc1c(C)[cH-]c2ccc3ccccc3c12)c1c(C)[cH-]c2ccc3ccccc3c12.[Cl-].[Cl-].[Zr+4]. The summed E-state index contributed by atoms with van der Waals surface area (Å²) in [5.74, 6) is 0.501. The van der Waals surface area contributed by atoms with Gasteiger partial charge >= 0.3 is 26.2 Å². The zero-order chi connectivity index (χ0) is 21.8. The van der Waals surface area contributed by atoms with E-state index in [2.05, 4.69) is 106 Å². The Labute approximate surface area is 239 Å². The van der Waals surface area contributed by atoms with E-state index in [4.69, 9.17) is 0 Å². The van der Waals surface area contributed by atoms with Gasteiger partial charge in [-0.25, -0.2) is 0 Å². The van der Waals surface area contributed by atoms with Crippen LogP contribution in [0.5, 0.6) is 0 Å². The first kappa shape index (κ1) is 27.7. The molecule has 0 fully saturated rings. The van der Waals surface area contributed by atoms with Crippen molar-refractivity contribution in [2.24, 2.45) is 0 Å². The van der Waals surface area contributed by atoms with Crippen LogP contribution in [0.15, 0.2) is 84.9 Å². The number of hydrogen-bond acceptors (Lipinski definition) is 0. The molecular weight excluding hydrogens is 546 g/mol. The molecule has 35 heavy (non-hydrogen) atoms. The number of aryl methyl sites for hydroxylation is 2. The van der Waals surface area contributed by atoms with Gasteiger partial charge in [-0.3, -0.25) is 0 Å².